The molecule has 3 nitrogen and oxygen atoms in total. The van der Waals surface area contributed by atoms with Gasteiger partial charge in [0, 0.05) is 5.56 Å². The summed E-state index contributed by atoms with van der Waals surface area (Å²) in [5, 5.41) is 6.81. The molecular formula is C10H9N3S. The number of aromatic nitrogens is 2. The second kappa shape index (κ2) is 3.59. The van der Waals surface area contributed by atoms with Crippen LogP contribution in [-0.4, -0.2) is 15.2 Å². The number of nitrogens with two attached hydrogens (primary N) is 1. The largest absolute Gasteiger partial charge is 0.389 e. The van der Waals surface area contributed by atoms with Gasteiger partial charge in [-0.3, -0.25) is 5.10 Å². The van der Waals surface area contributed by atoms with E-state index in [9.17, 15) is 0 Å². The zero-order valence-corrected chi connectivity index (χ0v) is 8.21. The standard InChI is InChI=1S/C10H9N3S/c11-10(14)8-6-12-13-9(8)7-4-2-1-3-5-7/h1-6H,(H2,11,14)(H,12,13). The van der Waals surface area contributed by atoms with E-state index in [0.717, 1.165) is 16.8 Å². The lowest BCUT2D eigenvalue weighted by molar-refractivity contribution is 1.10. The molecule has 2 rings (SSSR count). The number of hydrogen-bond donors (Lipinski definition) is 2. The Morgan fingerprint density at radius 2 is 2.00 bits per heavy atom. The van der Waals surface area contributed by atoms with E-state index in [1.165, 1.54) is 0 Å². The normalized spacial score (nSPS) is 10.0. The smallest absolute Gasteiger partial charge is 0.107 e. The Kier molecular flexibility index (Phi) is 2.28. The van der Waals surface area contributed by atoms with Gasteiger partial charge in [-0.1, -0.05) is 42.5 Å². The van der Waals surface area contributed by atoms with Crippen LogP contribution in [0.25, 0.3) is 11.3 Å². The summed E-state index contributed by atoms with van der Waals surface area (Å²) in [7, 11) is 0. The monoisotopic (exact) mass is 203 g/mol. The third kappa shape index (κ3) is 1.52. The molecule has 0 saturated heterocycles. The maximum Gasteiger partial charge on any atom is 0.107 e. The minimum Gasteiger partial charge on any atom is -0.389 e. The van der Waals surface area contributed by atoms with Crippen LogP contribution in [0.2, 0.25) is 0 Å². The lowest BCUT2D eigenvalue weighted by atomic mass is 10.1. The van der Waals surface area contributed by atoms with Gasteiger partial charge in [0.25, 0.3) is 0 Å². The highest BCUT2D eigenvalue weighted by atomic mass is 32.1. The van der Waals surface area contributed by atoms with Crippen LogP contribution in [-0.2, 0) is 0 Å². The molecule has 4 heteroatoms. The maximum atomic E-state index is 5.57. The summed E-state index contributed by atoms with van der Waals surface area (Å²) in [4.78, 5) is 0.359. The number of nitrogens with zero attached hydrogens (tertiary/aromatic N) is 1. The summed E-state index contributed by atoms with van der Waals surface area (Å²) in [5.74, 6) is 0. The summed E-state index contributed by atoms with van der Waals surface area (Å²) in [6, 6.07) is 9.84. The molecule has 70 valence electrons. The fourth-order valence-corrected chi connectivity index (χ4v) is 1.45. The fraction of sp³-hybridized carbons (Fsp3) is 0. The number of aromatic amines is 1. The van der Waals surface area contributed by atoms with Crippen molar-refractivity contribution in [3.05, 3.63) is 42.1 Å². The average molecular weight is 203 g/mol. The van der Waals surface area contributed by atoms with Crippen molar-refractivity contribution in [3.63, 3.8) is 0 Å². The summed E-state index contributed by atoms with van der Waals surface area (Å²) in [6.45, 7) is 0. The quantitative estimate of drug-likeness (QED) is 0.730. The summed E-state index contributed by atoms with van der Waals surface area (Å²) >= 11 is 4.92. The van der Waals surface area contributed by atoms with Gasteiger partial charge in [-0.2, -0.15) is 5.10 Å². The van der Waals surface area contributed by atoms with Crippen molar-refractivity contribution >= 4 is 17.2 Å². The molecule has 1 aromatic heterocycles. The first-order chi connectivity index (χ1) is 6.79. The summed E-state index contributed by atoms with van der Waals surface area (Å²) < 4.78 is 0. The van der Waals surface area contributed by atoms with Crippen LogP contribution in [0.3, 0.4) is 0 Å². The molecule has 0 atom stereocenters. The van der Waals surface area contributed by atoms with Crippen molar-refractivity contribution < 1.29 is 0 Å². The van der Waals surface area contributed by atoms with Crippen molar-refractivity contribution in [2.45, 2.75) is 0 Å². The molecule has 0 bridgehead atoms. The van der Waals surface area contributed by atoms with Gasteiger partial charge in [-0.15, -0.1) is 0 Å². The lowest BCUT2D eigenvalue weighted by Gasteiger charge is -2.00. The first kappa shape index (κ1) is 8.90. The first-order valence-corrected chi connectivity index (χ1v) is 4.58. The minimum atomic E-state index is 0.359. The topological polar surface area (TPSA) is 54.7 Å². The third-order valence-electron chi connectivity index (χ3n) is 1.97. The van der Waals surface area contributed by atoms with Crippen molar-refractivity contribution in [3.8, 4) is 11.3 Å². The van der Waals surface area contributed by atoms with E-state index in [0.29, 0.717) is 4.99 Å². The van der Waals surface area contributed by atoms with Crippen LogP contribution in [0.15, 0.2) is 36.5 Å². The van der Waals surface area contributed by atoms with Gasteiger partial charge < -0.3 is 5.73 Å². The van der Waals surface area contributed by atoms with Gasteiger partial charge in [-0.25, -0.2) is 0 Å². The molecule has 0 amide bonds. The van der Waals surface area contributed by atoms with Crippen molar-refractivity contribution in [1.82, 2.24) is 10.2 Å². The molecule has 0 unspecified atom stereocenters. The molecule has 0 aliphatic heterocycles. The maximum absolute atomic E-state index is 5.57. The number of H-pyrrole nitrogens is 1. The van der Waals surface area contributed by atoms with Crippen molar-refractivity contribution in [2.75, 3.05) is 0 Å². The van der Waals surface area contributed by atoms with Gasteiger partial charge in [0.05, 0.1) is 17.5 Å². The van der Waals surface area contributed by atoms with Crippen molar-refractivity contribution in [1.29, 1.82) is 0 Å². The van der Waals surface area contributed by atoms with E-state index in [1.807, 2.05) is 30.3 Å². The van der Waals surface area contributed by atoms with E-state index in [2.05, 4.69) is 10.2 Å². The predicted octanol–water partition coefficient (Wildman–Crippen LogP) is 1.71. The minimum absolute atomic E-state index is 0.359. The van der Waals surface area contributed by atoms with E-state index in [1.54, 1.807) is 6.20 Å². The molecule has 1 aromatic carbocycles. The molecule has 0 spiro atoms. The molecular weight excluding hydrogens is 194 g/mol. The molecule has 14 heavy (non-hydrogen) atoms. The highest BCUT2D eigenvalue weighted by Crippen LogP contribution is 2.19. The van der Waals surface area contributed by atoms with E-state index in [-0.39, 0.29) is 0 Å². The molecule has 0 aliphatic rings. The van der Waals surface area contributed by atoms with Gasteiger partial charge in [-0.05, 0) is 0 Å². The lowest BCUT2D eigenvalue weighted by Crippen LogP contribution is -2.09. The van der Waals surface area contributed by atoms with E-state index in [4.69, 9.17) is 18.0 Å². The van der Waals surface area contributed by atoms with Gasteiger partial charge in [0.15, 0.2) is 0 Å². The van der Waals surface area contributed by atoms with Gasteiger partial charge >= 0.3 is 0 Å². The summed E-state index contributed by atoms with van der Waals surface area (Å²) in [5.41, 5.74) is 8.26. The SMILES string of the molecule is NC(=S)c1cn[nH]c1-c1ccccc1. The average Bonchev–Trinajstić information content (AvgIpc) is 2.67. The number of thiocarbonyl (C=S) groups is 1. The fourth-order valence-electron chi connectivity index (χ4n) is 1.30. The Labute approximate surface area is 86.9 Å². The summed E-state index contributed by atoms with van der Waals surface area (Å²) in [6.07, 6.45) is 1.64. The number of hydrogen-bond acceptors (Lipinski definition) is 2. The zero-order valence-electron chi connectivity index (χ0n) is 7.40. The Morgan fingerprint density at radius 1 is 1.29 bits per heavy atom. The van der Waals surface area contributed by atoms with Crippen molar-refractivity contribution in [2.24, 2.45) is 5.73 Å². The molecule has 0 fully saturated rings. The highest BCUT2D eigenvalue weighted by molar-refractivity contribution is 7.80. The van der Waals surface area contributed by atoms with Gasteiger partial charge in [0.1, 0.15) is 4.99 Å². The Morgan fingerprint density at radius 3 is 2.64 bits per heavy atom. The van der Waals surface area contributed by atoms with Gasteiger partial charge in [0.2, 0.25) is 0 Å². The van der Waals surface area contributed by atoms with E-state index < -0.39 is 0 Å². The molecule has 0 radical (unpaired) electrons. The molecule has 2 aromatic rings. The number of benzene rings is 1. The zero-order chi connectivity index (χ0) is 9.97. The van der Waals surface area contributed by atoms with Crippen LogP contribution in [0.5, 0.6) is 0 Å². The molecule has 0 aliphatic carbocycles. The number of rotatable bonds is 2. The molecule has 3 N–H and O–H groups in total. The van der Waals surface area contributed by atoms with Crippen LogP contribution in [0, 0.1) is 0 Å². The Bertz CT molecular complexity index is 447. The number of nitrogens with one attached hydrogen (secondary N) is 1. The molecule has 0 saturated carbocycles. The predicted molar refractivity (Wildman–Crippen MR) is 59.9 cm³/mol. The van der Waals surface area contributed by atoms with Crippen LogP contribution in [0.1, 0.15) is 5.56 Å². The molecule has 1 heterocycles. The Hall–Kier alpha value is -1.68. The first-order valence-electron chi connectivity index (χ1n) is 4.17. The third-order valence-corrected chi connectivity index (χ3v) is 2.19. The van der Waals surface area contributed by atoms with Crippen LogP contribution >= 0.6 is 12.2 Å². The van der Waals surface area contributed by atoms with Crippen LogP contribution in [0.4, 0.5) is 0 Å². The van der Waals surface area contributed by atoms with E-state index >= 15 is 0 Å². The second-order valence-electron chi connectivity index (χ2n) is 2.89. The van der Waals surface area contributed by atoms with Crippen LogP contribution < -0.4 is 5.73 Å². The second-order valence-corrected chi connectivity index (χ2v) is 3.33. The highest BCUT2D eigenvalue weighted by Gasteiger charge is 2.08. The Balaban J connectivity index is 2.52.